The second-order valence-electron chi connectivity index (χ2n) is 5.59. The van der Waals surface area contributed by atoms with Gasteiger partial charge in [0.25, 0.3) is 0 Å². The maximum Gasteiger partial charge on any atom is 0.416 e. The molecule has 134 valence electrons. The van der Waals surface area contributed by atoms with Crippen molar-refractivity contribution in [1.82, 2.24) is 0 Å². The third kappa shape index (κ3) is 4.82. The average Bonchev–Trinajstić information content (AvgIpc) is 2.53. The van der Waals surface area contributed by atoms with Gasteiger partial charge in [-0.25, -0.2) is 8.42 Å². The summed E-state index contributed by atoms with van der Waals surface area (Å²) in [5.41, 5.74) is 0.176. The Balaban J connectivity index is 2.10. The van der Waals surface area contributed by atoms with Gasteiger partial charge in [0, 0.05) is 19.0 Å². The maximum atomic E-state index is 12.5. The monoisotopic (exact) mass is 371 g/mol. The highest BCUT2D eigenvalue weighted by molar-refractivity contribution is 7.90. The number of hydrogen-bond acceptors (Lipinski definition) is 3. The summed E-state index contributed by atoms with van der Waals surface area (Å²) >= 11 is 0. The first-order chi connectivity index (χ1) is 11.5. The Morgan fingerprint density at radius 3 is 1.96 bits per heavy atom. The molecule has 0 aromatic heterocycles. The molecule has 0 N–H and O–H groups in total. The predicted molar refractivity (Wildman–Crippen MR) is 88.1 cm³/mol. The SMILES string of the molecule is CN(C(=O)Cc1ccc(C(F)(F)F)cc1)c1ccc(S(C)(=O)=O)cc1. The number of benzene rings is 2. The molecule has 8 heteroatoms. The number of rotatable bonds is 4. The van der Waals surface area contributed by atoms with Gasteiger partial charge in [0.2, 0.25) is 5.91 Å². The van der Waals surface area contributed by atoms with E-state index in [9.17, 15) is 26.4 Å². The van der Waals surface area contributed by atoms with Crippen LogP contribution in [0.15, 0.2) is 53.4 Å². The smallest absolute Gasteiger partial charge is 0.315 e. The van der Waals surface area contributed by atoms with E-state index in [0.717, 1.165) is 18.4 Å². The quantitative estimate of drug-likeness (QED) is 0.829. The van der Waals surface area contributed by atoms with Crippen LogP contribution in [0.5, 0.6) is 0 Å². The van der Waals surface area contributed by atoms with Gasteiger partial charge in [-0.2, -0.15) is 13.2 Å². The van der Waals surface area contributed by atoms with Crippen molar-refractivity contribution in [2.24, 2.45) is 0 Å². The lowest BCUT2D eigenvalue weighted by molar-refractivity contribution is -0.137. The fourth-order valence-corrected chi connectivity index (χ4v) is 2.80. The van der Waals surface area contributed by atoms with E-state index < -0.39 is 21.6 Å². The summed E-state index contributed by atoms with van der Waals surface area (Å²) < 4.78 is 60.4. The molecule has 0 heterocycles. The van der Waals surface area contributed by atoms with Crippen LogP contribution >= 0.6 is 0 Å². The van der Waals surface area contributed by atoms with Crippen molar-refractivity contribution in [3.05, 3.63) is 59.7 Å². The molecule has 4 nitrogen and oxygen atoms in total. The van der Waals surface area contributed by atoms with Crippen molar-refractivity contribution in [3.63, 3.8) is 0 Å². The van der Waals surface area contributed by atoms with Crippen molar-refractivity contribution >= 4 is 21.4 Å². The normalized spacial score (nSPS) is 12.0. The van der Waals surface area contributed by atoms with Crippen LogP contribution in [0.4, 0.5) is 18.9 Å². The van der Waals surface area contributed by atoms with Crippen LogP contribution in [0.25, 0.3) is 0 Å². The molecular weight excluding hydrogens is 355 g/mol. The zero-order valence-corrected chi connectivity index (χ0v) is 14.4. The molecule has 0 aliphatic heterocycles. The number of anilines is 1. The Hall–Kier alpha value is -2.35. The van der Waals surface area contributed by atoms with Crippen molar-refractivity contribution in [1.29, 1.82) is 0 Å². The number of likely N-dealkylation sites (N-methyl/N-ethyl adjacent to an activating group) is 1. The van der Waals surface area contributed by atoms with Crippen LogP contribution in [0.2, 0.25) is 0 Å². The molecule has 1 amide bonds. The standard InChI is InChI=1S/C17H16F3NO3S/c1-21(14-7-9-15(10-8-14)25(2,23)24)16(22)11-12-3-5-13(6-4-12)17(18,19)20/h3-10H,11H2,1-2H3. The van der Waals surface area contributed by atoms with Gasteiger partial charge in [-0.3, -0.25) is 4.79 Å². The second-order valence-corrected chi connectivity index (χ2v) is 7.61. The molecule has 0 bridgehead atoms. The van der Waals surface area contributed by atoms with Gasteiger partial charge >= 0.3 is 6.18 Å². The minimum atomic E-state index is -4.42. The van der Waals surface area contributed by atoms with E-state index >= 15 is 0 Å². The van der Waals surface area contributed by atoms with Gasteiger partial charge in [0.05, 0.1) is 16.9 Å². The molecule has 0 saturated carbocycles. The van der Waals surface area contributed by atoms with E-state index in [2.05, 4.69) is 0 Å². The molecule has 25 heavy (non-hydrogen) atoms. The number of halogens is 3. The summed E-state index contributed by atoms with van der Waals surface area (Å²) in [7, 11) is -1.81. The molecule has 2 aromatic rings. The molecule has 2 aromatic carbocycles. The van der Waals surface area contributed by atoms with E-state index in [-0.39, 0.29) is 17.2 Å². The van der Waals surface area contributed by atoms with E-state index in [1.54, 1.807) is 0 Å². The summed E-state index contributed by atoms with van der Waals surface area (Å²) in [5.74, 6) is -0.327. The summed E-state index contributed by atoms with van der Waals surface area (Å²) in [4.78, 5) is 13.7. The maximum absolute atomic E-state index is 12.5. The molecule has 0 aliphatic rings. The van der Waals surface area contributed by atoms with E-state index in [1.807, 2.05) is 0 Å². The molecule has 0 aliphatic carbocycles. The number of alkyl halides is 3. The van der Waals surface area contributed by atoms with Crippen molar-refractivity contribution in [2.45, 2.75) is 17.5 Å². The third-order valence-corrected chi connectivity index (χ3v) is 4.79. The lowest BCUT2D eigenvalue weighted by Gasteiger charge is -2.18. The largest absolute Gasteiger partial charge is 0.416 e. The van der Waals surface area contributed by atoms with E-state index in [0.29, 0.717) is 11.3 Å². The topological polar surface area (TPSA) is 54.5 Å². The number of carbonyl (C=O) groups is 1. The Morgan fingerprint density at radius 2 is 1.52 bits per heavy atom. The molecular formula is C17H16F3NO3S. The summed E-state index contributed by atoms with van der Waals surface area (Å²) in [6, 6.07) is 10.2. The van der Waals surface area contributed by atoms with Crippen molar-refractivity contribution in [3.8, 4) is 0 Å². The number of nitrogens with zero attached hydrogens (tertiary/aromatic N) is 1. The zero-order valence-electron chi connectivity index (χ0n) is 13.5. The fourth-order valence-electron chi connectivity index (χ4n) is 2.17. The molecule has 0 saturated heterocycles. The average molecular weight is 371 g/mol. The number of sulfone groups is 1. The highest BCUT2D eigenvalue weighted by atomic mass is 32.2. The highest BCUT2D eigenvalue weighted by Crippen LogP contribution is 2.29. The van der Waals surface area contributed by atoms with Gasteiger partial charge < -0.3 is 4.90 Å². The molecule has 2 rings (SSSR count). The first kappa shape index (κ1) is 19.0. The number of hydrogen-bond donors (Lipinski definition) is 0. The first-order valence-electron chi connectivity index (χ1n) is 7.21. The van der Waals surface area contributed by atoms with Crippen molar-refractivity contribution < 1.29 is 26.4 Å². The Labute approximate surface area is 143 Å². The molecule has 0 unspecified atom stereocenters. The first-order valence-corrected chi connectivity index (χ1v) is 9.10. The van der Waals surface area contributed by atoms with Gasteiger partial charge in [-0.15, -0.1) is 0 Å². The zero-order chi connectivity index (χ0) is 18.8. The second kappa shape index (κ2) is 6.87. The van der Waals surface area contributed by atoms with Gasteiger partial charge in [0.15, 0.2) is 9.84 Å². The number of carbonyl (C=O) groups excluding carboxylic acids is 1. The summed E-state index contributed by atoms with van der Waals surface area (Å²) in [5, 5.41) is 0. The molecule has 0 atom stereocenters. The predicted octanol–water partition coefficient (Wildman–Crippen LogP) is 3.31. The minimum Gasteiger partial charge on any atom is -0.315 e. The summed E-state index contributed by atoms with van der Waals surface area (Å²) in [6.45, 7) is 0. The molecule has 0 fully saturated rings. The summed E-state index contributed by atoms with van der Waals surface area (Å²) in [6.07, 6.45) is -3.40. The van der Waals surface area contributed by atoms with Crippen LogP contribution in [0, 0.1) is 0 Å². The van der Waals surface area contributed by atoms with Crippen molar-refractivity contribution in [2.75, 3.05) is 18.2 Å². The van der Waals surface area contributed by atoms with Crippen LogP contribution < -0.4 is 4.90 Å². The van der Waals surface area contributed by atoms with Crippen LogP contribution in [0.1, 0.15) is 11.1 Å². The van der Waals surface area contributed by atoms with Crippen LogP contribution in [-0.4, -0.2) is 27.6 Å². The molecule has 0 spiro atoms. The van der Waals surface area contributed by atoms with E-state index in [4.69, 9.17) is 0 Å². The van der Waals surface area contributed by atoms with Gasteiger partial charge in [-0.05, 0) is 42.0 Å². The lowest BCUT2D eigenvalue weighted by Crippen LogP contribution is -2.27. The number of amides is 1. The Bertz CT molecular complexity index is 858. The van der Waals surface area contributed by atoms with Gasteiger partial charge in [0.1, 0.15) is 0 Å². The third-order valence-electron chi connectivity index (χ3n) is 3.66. The van der Waals surface area contributed by atoms with Crippen LogP contribution in [0.3, 0.4) is 0 Å². The Kier molecular flexibility index (Phi) is 5.22. The highest BCUT2D eigenvalue weighted by Gasteiger charge is 2.30. The van der Waals surface area contributed by atoms with Crippen LogP contribution in [-0.2, 0) is 27.2 Å². The van der Waals surface area contributed by atoms with E-state index in [1.165, 1.54) is 48.3 Å². The Morgan fingerprint density at radius 1 is 1.00 bits per heavy atom. The lowest BCUT2D eigenvalue weighted by atomic mass is 10.1. The van der Waals surface area contributed by atoms with Gasteiger partial charge in [-0.1, -0.05) is 12.1 Å². The molecule has 0 radical (unpaired) electrons. The minimum absolute atomic E-state index is 0.0670. The fraction of sp³-hybridized carbons (Fsp3) is 0.235.